The lowest BCUT2D eigenvalue weighted by Crippen LogP contribution is -2.04. The van der Waals surface area contributed by atoms with E-state index < -0.39 is 0 Å². The molecule has 0 spiro atoms. The number of aromatic nitrogens is 3. The van der Waals surface area contributed by atoms with Crippen LogP contribution in [0.3, 0.4) is 0 Å². The van der Waals surface area contributed by atoms with Gasteiger partial charge in [-0.2, -0.15) is 10.1 Å². The first-order valence-corrected chi connectivity index (χ1v) is 8.65. The van der Waals surface area contributed by atoms with Crippen LogP contribution < -0.4 is 20.1 Å². The van der Waals surface area contributed by atoms with E-state index in [2.05, 4.69) is 45.7 Å². The minimum absolute atomic E-state index is 0.384. The highest BCUT2D eigenvalue weighted by molar-refractivity contribution is 5.63. The Bertz CT molecular complexity index is 914. The summed E-state index contributed by atoms with van der Waals surface area (Å²) in [6, 6.07) is 13.6. The Labute approximate surface area is 158 Å². The summed E-state index contributed by atoms with van der Waals surface area (Å²) in [4.78, 5) is 4.49. The monoisotopic (exact) mass is 365 g/mol. The van der Waals surface area contributed by atoms with E-state index in [9.17, 15) is 0 Å². The van der Waals surface area contributed by atoms with Gasteiger partial charge in [0.2, 0.25) is 5.95 Å². The van der Waals surface area contributed by atoms with Gasteiger partial charge in [0.25, 0.3) is 0 Å². The average Bonchev–Trinajstić information content (AvgIpc) is 2.68. The Kier molecular flexibility index (Phi) is 5.71. The second-order valence-electron chi connectivity index (χ2n) is 6.23. The first-order chi connectivity index (χ1) is 13.1. The molecule has 2 aromatic carbocycles. The maximum Gasteiger partial charge on any atom is 0.249 e. The Hall–Kier alpha value is -3.35. The number of methoxy groups -OCH3 is 2. The number of benzene rings is 2. The van der Waals surface area contributed by atoms with Gasteiger partial charge < -0.3 is 20.1 Å². The van der Waals surface area contributed by atoms with Crippen molar-refractivity contribution in [1.29, 1.82) is 0 Å². The largest absolute Gasteiger partial charge is 0.493 e. The van der Waals surface area contributed by atoms with Gasteiger partial charge in [0.1, 0.15) is 0 Å². The Morgan fingerprint density at radius 2 is 1.70 bits per heavy atom. The molecule has 7 heteroatoms. The summed E-state index contributed by atoms with van der Waals surface area (Å²) >= 11 is 0. The standard InChI is InChI=1S/C20H23N5O2/c1-13(2)15-7-5-6-8-16(15)23-20-24-19(12-21-25-20)22-14-9-10-17(26-3)18(11-14)27-4/h5-13H,1-4H3,(H2,22,23,24,25). The fourth-order valence-corrected chi connectivity index (χ4v) is 2.71. The molecule has 3 aromatic rings. The molecule has 140 valence electrons. The highest BCUT2D eigenvalue weighted by Gasteiger charge is 2.09. The minimum atomic E-state index is 0.384. The molecule has 1 aromatic heterocycles. The van der Waals surface area contributed by atoms with E-state index in [0.29, 0.717) is 29.2 Å². The van der Waals surface area contributed by atoms with Crippen molar-refractivity contribution >= 4 is 23.1 Å². The van der Waals surface area contributed by atoms with E-state index >= 15 is 0 Å². The number of para-hydroxylation sites is 1. The van der Waals surface area contributed by atoms with Crippen LogP contribution in [0.1, 0.15) is 25.3 Å². The number of anilines is 4. The van der Waals surface area contributed by atoms with Crippen molar-refractivity contribution in [3.8, 4) is 11.5 Å². The third-order valence-electron chi connectivity index (χ3n) is 4.04. The molecule has 3 rings (SSSR count). The fourth-order valence-electron chi connectivity index (χ4n) is 2.71. The number of rotatable bonds is 7. The van der Waals surface area contributed by atoms with E-state index in [4.69, 9.17) is 9.47 Å². The predicted molar refractivity (Wildman–Crippen MR) is 106 cm³/mol. The summed E-state index contributed by atoms with van der Waals surface area (Å²) in [6.07, 6.45) is 1.57. The van der Waals surface area contributed by atoms with E-state index in [-0.39, 0.29) is 0 Å². The van der Waals surface area contributed by atoms with E-state index in [1.165, 1.54) is 5.56 Å². The summed E-state index contributed by atoms with van der Waals surface area (Å²) in [6.45, 7) is 4.29. The number of ether oxygens (including phenoxy) is 2. The molecule has 0 radical (unpaired) electrons. The van der Waals surface area contributed by atoms with Gasteiger partial charge in [-0.3, -0.25) is 0 Å². The van der Waals surface area contributed by atoms with Crippen LogP contribution in [0.25, 0.3) is 0 Å². The van der Waals surface area contributed by atoms with Crippen molar-refractivity contribution in [1.82, 2.24) is 15.2 Å². The van der Waals surface area contributed by atoms with Crippen LogP contribution >= 0.6 is 0 Å². The molecule has 0 saturated heterocycles. The SMILES string of the molecule is COc1ccc(Nc2cnnc(Nc3ccccc3C(C)C)n2)cc1OC. The molecule has 0 fully saturated rings. The third kappa shape index (κ3) is 4.44. The molecular weight excluding hydrogens is 342 g/mol. The highest BCUT2D eigenvalue weighted by Crippen LogP contribution is 2.31. The lowest BCUT2D eigenvalue weighted by molar-refractivity contribution is 0.355. The molecule has 0 unspecified atom stereocenters. The molecule has 27 heavy (non-hydrogen) atoms. The van der Waals surface area contributed by atoms with Crippen LogP contribution in [-0.4, -0.2) is 29.4 Å². The van der Waals surface area contributed by atoms with Crippen LogP contribution in [0.5, 0.6) is 11.5 Å². The van der Waals surface area contributed by atoms with Crippen molar-refractivity contribution in [3.63, 3.8) is 0 Å². The molecule has 0 aliphatic heterocycles. The highest BCUT2D eigenvalue weighted by atomic mass is 16.5. The second-order valence-corrected chi connectivity index (χ2v) is 6.23. The fraction of sp³-hybridized carbons (Fsp3) is 0.250. The van der Waals surface area contributed by atoms with Gasteiger partial charge in [0.05, 0.1) is 20.4 Å². The van der Waals surface area contributed by atoms with Gasteiger partial charge in [0.15, 0.2) is 17.3 Å². The normalized spacial score (nSPS) is 10.6. The molecule has 0 aliphatic carbocycles. The predicted octanol–water partition coefficient (Wildman–Crippen LogP) is 4.50. The zero-order valence-corrected chi connectivity index (χ0v) is 15.9. The summed E-state index contributed by atoms with van der Waals surface area (Å²) in [5.74, 6) is 2.68. The molecule has 0 amide bonds. The first-order valence-electron chi connectivity index (χ1n) is 8.65. The van der Waals surface area contributed by atoms with Crippen molar-refractivity contribution in [2.75, 3.05) is 24.9 Å². The summed E-state index contributed by atoms with van der Waals surface area (Å²) in [5.41, 5.74) is 2.97. The third-order valence-corrected chi connectivity index (χ3v) is 4.04. The van der Waals surface area contributed by atoms with Gasteiger partial charge in [-0.05, 0) is 29.7 Å². The summed E-state index contributed by atoms with van der Waals surface area (Å²) < 4.78 is 10.6. The number of nitrogens with zero attached hydrogens (tertiary/aromatic N) is 3. The van der Waals surface area contributed by atoms with E-state index in [1.54, 1.807) is 20.4 Å². The lowest BCUT2D eigenvalue weighted by Gasteiger charge is -2.14. The molecule has 1 heterocycles. The second kappa shape index (κ2) is 8.35. The maximum atomic E-state index is 5.33. The molecule has 0 saturated carbocycles. The van der Waals surface area contributed by atoms with Crippen molar-refractivity contribution in [3.05, 3.63) is 54.2 Å². The average molecular weight is 365 g/mol. The van der Waals surface area contributed by atoms with Crippen molar-refractivity contribution < 1.29 is 9.47 Å². The molecule has 0 atom stereocenters. The zero-order chi connectivity index (χ0) is 19.2. The molecule has 7 nitrogen and oxygen atoms in total. The quantitative estimate of drug-likeness (QED) is 0.638. The molecular formula is C20H23N5O2. The summed E-state index contributed by atoms with van der Waals surface area (Å²) in [5, 5.41) is 14.6. The van der Waals surface area contributed by atoms with Gasteiger partial charge in [-0.25, -0.2) is 0 Å². The van der Waals surface area contributed by atoms with Gasteiger partial charge >= 0.3 is 0 Å². The van der Waals surface area contributed by atoms with Crippen molar-refractivity contribution in [2.45, 2.75) is 19.8 Å². The van der Waals surface area contributed by atoms with Gasteiger partial charge in [0, 0.05) is 17.4 Å². The zero-order valence-electron chi connectivity index (χ0n) is 15.9. The van der Waals surface area contributed by atoms with Crippen LogP contribution in [0.4, 0.5) is 23.1 Å². The van der Waals surface area contributed by atoms with E-state index in [0.717, 1.165) is 11.4 Å². The first kappa shape index (κ1) is 18.4. The topological polar surface area (TPSA) is 81.2 Å². The van der Waals surface area contributed by atoms with Gasteiger partial charge in [-0.15, -0.1) is 5.10 Å². The smallest absolute Gasteiger partial charge is 0.249 e. The Morgan fingerprint density at radius 1 is 0.926 bits per heavy atom. The number of hydrogen-bond donors (Lipinski definition) is 2. The molecule has 0 bridgehead atoms. The Balaban J connectivity index is 1.80. The molecule has 2 N–H and O–H groups in total. The molecule has 0 aliphatic rings. The summed E-state index contributed by atoms with van der Waals surface area (Å²) in [7, 11) is 3.20. The van der Waals surface area contributed by atoms with Crippen LogP contribution in [0.2, 0.25) is 0 Å². The lowest BCUT2D eigenvalue weighted by atomic mass is 10.0. The van der Waals surface area contributed by atoms with E-state index in [1.807, 2.05) is 36.4 Å². The number of nitrogens with one attached hydrogen (secondary N) is 2. The van der Waals surface area contributed by atoms with Crippen LogP contribution in [0.15, 0.2) is 48.7 Å². The number of hydrogen-bond acceptors (Lipinski definition) is 7. The Morgan fingerprint density at radius 3 is 2.44 bits per heavy atom. The maximum absolute atomic E-state index is 5.33. The van der Waals surface area contributed by atoms with Crippen LogP contribution in [-0.2, 0) is 0 Å². The minimum Gasteiger partial charge on any atom is -0.493 e. The van der Waals surface area contributed by atoms with Crippen LogP contribution in [0, 0.1) is 0 Å². The van der Waals surface area contributed by atoms with Gasteiger partial charge in [-0.1, -0.05) is 32.0 Å². The van der Waals surface area contributed by atoms with Crippen molar-refractivity contribution in [2.24, 2.45) is 0 Å².